The second kappa shape index (κ2) is 8.05. The highest BCUT2D eigenvalue weighted by atomic mass is 32.1. The van der Waals surface area contributed by atoms with Gasteiger partial charge in [0.05, 0.1) is 17.0 Å². The normalized spacial score (nSPS) is 11.2. The fourth-order valence-electron chi connectivity index (χ4n) is 3.19. The molecule has 0 aliphatic heterocycles. The summed E-state index contributed by atoms with van der Waals surface area (Å²) in [6.07, 6.45) is 7.57. The van der Waals surface area contributed by atoms with E-state index in [2.05, 4.69) is 35.2 Å². The lowest BCUT2D eigenvalue weighted by molar-refractivity contribution is 0.0527. The van der Waals surface area contributed by atoms with Crippen LogP contribution in [-0.2, 0) is 4.74 Å². The van der Waals surface area contributed by atoms with E-state index >= 15 is 0 Å². The number of esters is 1. The van der Waals surface area contributed by atoms with Crippen molar-refractivity contribution in [3.05, 3.63) is 60.7 Å². The molecule has 0 spiro atoms. The number of carbonyl (C=O) groups is 1. The van der Waals surface area contributed by atoms with E-state index in [9.17, 15) is 4.79 Å². The van der Waals surface area contributed by atoms with Crippen molar-refractivity contribution in [3.63, 3.8) is 0 Å². The van der Waals surface area contributed by atoms with Gasteiger partial charge in [0, 0.05) is 42.0 Å². The fourth-order valence-corrected chi connectivity index (χ4v) is 4.14. The molecule has 4 aromatic rings. The number of carbonyl (C=O) groups excluding carboxylic acids is 1. The first kappa shape index (κ1) is 19.1. The van der Waals surface area contributed by atoms with Gasteiger partial charge in [-0.2, -0.15) is 0 Å². The first-order valence-corrected chi connectivity index (χ1v) is 10.3. The Kier molecular flexibility index (Phi) is 5.31. The summed E-state index contributed by atoms with van der Waals surface area (Å²) in [4.78, 5) is 22.5. The summed E-state index contributed by atoms with van der Waals surface area (Å²) < 4.78 is 7.23. The van der Waals surface area contributed by atoms with E-state index in [4.69, 9.17) is 4.74 Å². The van der Waals surface area contributed by atoms with Gasteiger partial charge in [-0.3, -0.25) is 0 Å². The van der Waals surface area contributed by atoms with Crippen molar-refractivity contribution in [2.24, 2.45) is 0 Å². The van der Waals surface area contributed by atoms with E-state index in [1.807, 2.05) is 41.2 Å². The van der Waals surface area contributed by atoms with Crippen LogP contribution in [0, 0.1) is 0 Å². The second-order valence-electron chi connectivity index (χ2n) is 6.90. The third-order valence-corrected chi connectivity index (χ3v) is 5.38. The number of ether oxygens (including phenoxy) is 1. The first-order valence-electron chi connectivity index (χ1n) is 9.52. The van der Waals surface area contributed by atoms with E-state index < -0.39 is 0 Å². The van der Waals surface area contributed by atoms with Crippen molar-refractivity contribution in [2.75, 3.05) is 11.9 Å². The van der Waals surface area contributed by atoms with Crippen molar-refractivity contribution < 1.29 is 9.53 Å². The summed E-state index contributed by atoms with van der Waals surface area (Å²) >= 11 is 1.60. The molecule has 29 heavy (non-hydrogen) atoms. The maximum Gasteiger partial charge on any atom is 0.338 e. The topological polar surface area (TPSA) is 68.5 Å². The molecule has 3 aromatic heterocycles. The van der Waals surface area contributed by atoms with Crippen molar-refractivity contribution in [1.82, 2.24) is 14.4 Å². The Bertz CT molecular complexity index is 1160. The number of nitrogens with zero attached hydrogens (tertiary/aromatic N) is 3. The molecule has 1 N–H and O–H groups in total. The highest BCUT2D eigenvalue weighted by Crippen LogP contribution is 2.35. The summed E-state index contributed by atoms with van der Waals surface area (Å²) in [5.41, 5.74) is 4.01. The fraction of sp³-hybridized carbons (Fsp3) is 0.227. The van der Waals surface area contributed by atoms with Crippen LogP contribution in [0.3, 0.4) is 0 Å². The largest absolute Gasteiger partial charge is 0.462 e. The number of imidazole rings is 1. The number of nitrogens with one attached hydrogen (secondary N) is 1. The molecule has 4 rings (SSSR count). The van der Waals surface area contributed by atoms with Crippen molar-refractivity contribution in [1.29, 1.82) is 0 Å². The number of fused-ring (bicyclic) bond motifs is 1. The van der Waals surface area contributed by atoms with Gasteiger partial charge in [-0.25, -0.2) is 14.8 Å². The maximum absolute atomic E-state index is 12.5. The van der Waals surface area contributed by atoms with Gasteiger partial charge in [-0.15, -0.1) is 0 Å². The molecule has 0 aliphatic rings. The van der Waals surface area contributed by atoms with Gasteiger partial charge < -0.3 is 14.5 Å². The van der Waals surface area contributed by atoms with Crippen LogP contribution < -0.4 is 5.32 Å². The quantitative estimate of drug-likeness (QED) is 0.450. The average molecular weight is 407 g/mol. The van der Waals surface area contributed by atoms with Crippen LogP contribution in [0.25, 0.3) is 27.2 Å². The predicted octanol–water partition coefficient (Wildman–Crippen LogP) is 5.12. The minimum absolute atomic E-state index is 0.317. The monoisotopic (exact) mass is 406 g/mol. The zero-order chi connectivity index (χ0) is 20.4. The lowest BCUT2D eigenvalue weighted by Crippen LogP contribution is -2.08. The highest BCUT2D eigenvalue weighted by Gasteiger charge is 2.18. The van der Waals surface area contributed by atoms with E-state index in [0.717, 1.165) is 32.3 Å². The lowest BCUT2D eigenvalue weighted by Gasteiger charge is -2.12. The Morgan fingerprint density at radius 1 is 1.24 bits per heavy atom. The Morgan fingerprint density at radius 2 is 2.07 bits per heavy atom. The summed E-state index contributed by atoms with van der Waals surface area (Å²) in [6.45, 7) is 6.31. The molecule has 1 aromatic carbocycles. The molecule has 0 fully saturated rings. The number of pyridine rings is 1. The van der Waals surface area contributed by atoms with Crippen molar-refractivity contribution >= 4 is 28.1 Å². The van der Waals surface area contributed by atoms with Crippen molar-refractivity contribution in [2.45, 2.75) is 26.8 Å². The number of anilines is 1. The van der Waals surface area contributed by atoms with Crippen LogP contribution in [0.2, 0.25) is 0 Å². The molecular weight excluding hydrogens is 384 g/mol. The molecule has 0 saturated carbocycles. The zero-order valence-corrected chi connectivity index (χ0v) is 17.4. The second-order valence-corrected chi connectivity index (χ2v) is 7.93. The van der Waals surface area contributed by atoms with Gasteiger partial charge in [0.1, 0.15) is 5.65 Å². The van der Waals surface area contributed by atoms with Gasteiger partial charge in [-0.1, -0.05) is 29.5 Å². The Balaban J connectivity index is 1.85. The predicted molar refractivity (Wildman–Crippen MR) is 116 cm³/mol. The summed E-state index contributed by atoms with van der Waals surface area (Å²) in [5.74, 6) is -0.334. The molecule has 7 heteroatoms. The van der Waals surface area contributed by atoms with Gasteiger partial charge >= 0.3 is 5.97 Å². The molecule has 0 unspecified atom stereocenters. The molecule has 0 bridgehead atoms. The third-order valence-electron chi connectivity index (χ3n) is 4.40. The van der Waals surface area contributed by atoms with Crippen LogP contribution in [0.1, 0.15) is 31.1 Å². The van der Waals surface area contributed by atoms with E-state index in [1.54, 1.807) is 30.5 Å². The zero-order valence-electron chi connectivity index (χ0n) is 16.5. The molecule has 0 saturated heterocycles. The van der Waals surface area contributed by atoms with E-state index in [0.29, 0.717) is 18.2 Å². The van der Waals surface area contributed by atoms with Gasteiger partial charge in [-0.05, 0) is 38.5 Å². The number of rotatable bonds is 6. The molecule has 0 aliphatic carbocycles. The Morgan fingerprint density at radius 3 is 2.86 bits per heavy atom. The van der Waals surface area contributed by atoms with Gasteiger partial charge in [0.2, 0.25) is 0 Å². The smallest absolute Gasteiger partial charge is 0.338 e. The first-order chi connectivity index (χ1) is 14.1. The lowest BCUT2D eigenvalue weighted by atomic mass is 9.99. The van der Waals surface area contributed by atoms with Gasteiger partial charge in [0.15, 0.2) is 5.13 Å². The summed E-state index contributed by atoms with van der Waals surface area (Å²) in [6, 6.07) is 9.86. The van der Waals surface area contributed by atoms with Crippen LogP contribution in [0.15, 0.2) is 55.1 Å². The van der Waals surface area contributed by atoms with Crippen LogP contribution in [0.5, 0.6) is 0 Å². The number of hydrogen-bond acceptors (Lipinski definition) is 6. The standard InChI is InChI=1S/C22H22N4O2S/c1-4-28-21(27)17-8-6-5-7-16(17)18-11-15(13-26-10-9-23-20(18)26)19-12-24-22(29-19)25-14(2)3/h5-14H,4H2,1-3H3,(H,24,25). The molecule has 3 heterocycles. The van der Waals surface area contributed by atoms with Crippen LogP contribution in [-0.4, -0.2) is 33.0 Å². The average Bonchev–Trinajstić information content (AvgIpc) is 3.36. The van der Waals surface area contributed by atoms with Crippen molar-refractivity contribution in [3.8, 4) is 21.6 Å². The molecule has 148 valence electrons. The third kappa shape index (κ3) is 3.86. The van der Waals surface area contributed by atoms with E-state index in [-0.39, 0.29) is 5.97 Å². The molecule has 0 amide bonds. The highest BCUT2D eigenvalue weighted by molar-refractivity contribution is 7.18. The maximum atomic E-state index is 12.5. The minimum atomic E-state index is -0.334. The summed E-state index contributed by atoms with van der Waals surface area (Å²) in [5, 5.41) is 4.22. The molecule has 6 nitrogen and oxygen atoms in total. The Hall–Kier alpha value is -3.19. The van der Waals surface area contributed by atoms with E-state index in [1.165, 1.54) is 0 Å². The summed E-state index contributed by atoms with van der Waals surface area (Å²) in [7, 11) is 0. The van der Waals surface area contributed by atoms with Crippen LogP contribution in [0.4, 0.5) is 5.13 Å². The molecule has 0 radical (unpaired) electrons. The minimum Gasteiger partial charge on any atom is -0.462 e. The molecular formula is C22H22N4O2S. The number of benzene rings is 1. The number of thiazole rings is 1. The SMILES string of the molecule is CCOC(=O)c1ccccc1-c1cc(-c2cnc(NC(C)C)s2)cn2ccnc12. The van der Waals surface area contributed by atoms with Gasteiger partial charge in [0.25, 0.3) is 0 Å². The van der Waals surface area contributed by atoms with Crippen LogP contribution >= 0.6 is 11.3 Å². The number of aromatic nitrogens is 3. The molecule has 0 atom stereocenters. The Labute approximate surface area is 173 Å². The number of hydrogen-bond donors (Lipinski definition) is 1.